The smallest absolute Gasteiger partial charge is 0.328 e. The number of hydrogen-bond donors (Lipinski definition) is 2. The number of non-ortho nitro benzene ring substituents is 1. The number of hydrogen-bond acceptors (Lipinski definition) is 7. The zero-order chi connectivity index (χ0) is 19.3. The Hall–Kier alpha value is -3.57. The molecule has 0 radical (unpaired) electrons. The number of unbranched alkanes of at least 4 members (excludes halogenated alkanes) is 1. The number of rotatable bonds is 8. The van der Waals surface area contributed by atoms with Crippen LogP contribution in [0.4, 0.5) is 21.5 Å². The molecule has 0 atom stereocenters. The highest BCUT2D eigenvalue weighted by Gasteiger charge is 2.19. The molecule has 2 aromatic rings. The highest BCUT2D eigenvalue weighted by Crippen LogP contribution is 2.28. The molecule has 2 N–H and O–H groups in total. The van der Waals surface area contributed by atoms with Gasteiger partial charge in [-0.15, -0.1) is 0 Å². The Morgan fingerprint density at radius 2 is 1.88 bits per heavy atom. The lowest BCUT2D eigenvalue weighted by Gasteiger charge is -2.08. The van der Waals surface area contributed by atoms with E-state index in [0.717, 1.165) is 16.7 Å². The van der Waals surface area contributed by atoms with E-state index in [1.165, 1.54) is 6.07 Å². The lowest BCUT2D eigenvalue weighted by Crippen LogP contribution is -2.36. The van der Waals surface area contributed by atoms with Crippen molar-refractivity contribution in [2.45, 2.75) is 19.4 Å². The highest BCUT2D eigenvalue weighted by atomic mass is 19.1. The SMILES string of the molecule is O=c1[nH]cc(F)c(=O)n1CCCCNc1ccc([N+](=O)[O-])cc1[N+](=O)[O-]. The first-order valence-electron chi connectivity index (χ1n) is 7.46. The predicted octanol–water partition coefficient (Wildman–Crippen LogP) is 1.38. The van der Waals surface area contributed by atoms with Gasteiger partial charge in [-0.05, 0) is 18.9 Å². The predicted molar refractivity (Wildman–Crippen MR) is 88.8 cm³/mol. The summed E-state index contributed by atoms with van der Waals surface area (Å²) in [5.41, 5.74) is -2.46. The van der Waals surface area contributed by atoms with Crippen LogP contribution in [0.1, 0.15) is 12.8 Å². The van der Waals surface area contributed by atoms with Crippen LogP contribution in [0.15, 0.2) is 34.0 Å². The monoisotopic (exact) mass is 367 g/mol. The van der Waals surface area contributed by atoms with Gasteiger partial charge in [-0.3, -0.25) is 29.6 Å². The second-order valence-corrected chi connectivity index (χ2v) is 5.25. The number of benzene rings is 1. The van der Waals surface area contributed by atoms with Gasteiger partial charge in [-0.2, -0.15) is 4.39 Å². The molecule has 138 valence electrons. The fourth-order valence-electron chi connectivity index (χ4n) is 2.24. The Bertz CT molecular complexity index is 954. The summed E-state index contributed by atoms with van der Waals surface area (Å²) >= 11 is 0. The van der Waals surface area contributed by atoms with Crippen LogP contribution in [-0.2, 0) is 6.54 Å². The molecule has 1 aromatic heterocycles. The van der Waals surface area contributed by atoms with Crippen LogP contribution < -0.4 is 16.6 Å². The van der Waals surface area contributed by atoms with Gasteiger partial charge in [-0.1, -0.05) is 0 Å². The zero-order valence-electron chi connectivity index (χ0n) is 13.3. The summed E-state index contributed by atoms with van der Waals surface area (Å²) in [7, 11) is 0. The molecular weight excluding hydrogens is 353 g/mol. The van der Waals surface area contributed by atoms with Crippen LogP contribution in [0.25, 0.3) is 0 Å². The van der Waals surface area contributed by atoms with E-state index < -0.39 is 38.3 Å². The number of nitrogens with zero attached hydrogens (tertiary/aromatic N) is 3. The van der Waals surface area contributed by atoms with E-state index in [4.69, 9.17) is 0 Å². The third-order valence-corrected chi connectivity index (χ3v) is 3.53. The van der Waals surface area contributed by atoms with Gasteiger partial charge in [0.05, 0.1) is 15.9 Å². The summed E-state index contributed by atoms with van der Waals surface area (Å²) in [6, 6.07) is 3.23. The molecule has 0 aliphatic carbocycles. The van der Waals surface area contributed by atoms with Crippen molar-refractivity contribution in [3.63, 3.8) is 0 Å². The fraction of sp³-hybridized carbons (Fsp3) is 0.286. The first-order chi connectivity index (χ1) is 12.3. The third-order valence-electron chi connectivity index (χ3n) is 3.53. The van der Waals surface area contributed by atoms with Gasteiger partial charge < -0.3 is 10.3 Å². The molecule has 11 nitrogen and oxygen atoms in total. The topological polar surface area (TPSA) is 153 Å². The van der Waals surface area contributed by atoms with E-state index in [2.05, 4.69) is 10.3 Å². The maximum Gasteiger partial charge on any atom is 0.328 e. The molecule has 0 saturated heterocycles. The summed E-state index contributed by atoms with van der Waals surface area (Å²) in [5, 5.41) is 24.5. The molecular formula is C14H14FN5O6. The Morgan fingerprint density at radius 1 is 1.15 bits per heavy atom. The van der Waals surface area contributed by atoms with Crippen LogP contribution in [0, 0.1) is 26.0 Å². The second-order valence-electron chi connectivity index (χ2n) is 5.25. The van der Waals surface area contributed by atoms with Gasteiger partial charge in [0.15, 0.2) is 0 Å². The number of halogens is 1. The molecule has 0 spiro atoms. The average Bonchev–Trinajstić information content (AvgIpc) is 2.60. The minimum Gasteiger partial charge on any atom is -0.379 e. The molecule has 1 heterocycles. The maximum atomic E-state index is 13.1. The maximum absolute atomic E-state index is 13.1. The molecule has 0 aliphatic rings. The summed E-state index contributed by atoms with van der Waals surface area (Å²) in [6.07, 6.45) is 1.44. The largest absolute Gasteiger partial charge is 0.379 e. The number of H-pyrrole nitrogens is 1. The van der Waals surface area contributed by atoms with E-state index in [1.54, 1.807) is 0 Å². The number of nitrogens with one attached hydrogen (secondary N) is 2. The first-order valence-corrected chi connectivity index (χ1v) is 7.46. The van der Waals surface area contributed by atoms with Crippen molar-refractivity contribution in [3.05, 3.63) is 71.3 Å². The summed E-state index contributed by atoms with van der Waals surface area (Å²) < 4.78 is 13.9. The quantitative estimate of drug-likeness (QED) is 0.406. The minimum absolute atomic E-state index is 0.0179. The summed E-state index contributed by atoms with van der Waals surface area (Å²) in [6.45, 7) is 0.233. The van der Waals surface area contributed by atoms with Crippen LogP contribution in [0.2, 0.25) is 0 Å². The molecule has 2 rings (SSSR count). The molecule has 1 aromatic carbocycles. The molecule has 0 fully saturated rings. The van der Waals surface area contributed by atoms with Crippen LogP contribution >= 0.6 is 0 Å². The van der Waals surface area contributed by atoms with Gasteiger partial charge in [0.1, 0.15) is 5.69 Å². The molecule has 0 amide bonds. The molecule has 0 bridgehead atoms. The average molecular weight is 367 g/mol. The van der Waals surface area contributed by atoms with Gasteiger partial charge in [-0.25, -0.2) is 4.79 Å². The minimum atomic E-state index is -1.07. The molecule has 0 aliphatic heterocycles. The van der Waals surface area contributed by atoms with Gasteiger partial charge in [0.25, 0.3) is 16.9 Å². The third kappa shape index (κ3) is 4.28. The van der Waals surface area contributed by atoms with Crippen molar-refractivity contribution < 1.29 is 14.2 Å². The van der Waals surface area contributed by atoms with Crippen molar-refractivity contribution in [1.82, 2.24) is 9.55 Å². The van der Waals surface area contributed by atoms with Crippen molar-refractivity contribution in [1.29, 1.82) is 0 Å². The number of nitro groups is 2. The number of anilines is 1. The Morgan fingerprint density at radius 3 is 2.54 bits per heavy atom. The van der Waals surface area contributed by atoms with Gasteiger partial charge >= 0.3 is 5.69 Å². The molecule has 0 unspecified atom stereocenters. The van der Waals surface area contributed by atoms with Gasteiger partial charge in [0, 0.05) is 25.4 Å². The summed E-state index contributed by atoms with van der Waals surface area (Å²) in [4.78, 5) is 45.3. The van der Waals surface area contributed by atoms with E-state index in [9.17, 15) is 34.2 Å². The highest BCUT2D eigenvalue weighted by molar-refractivity contribution is 5.65. The molecule has 26 heavy (non-hydrogen) atoms. The lowest BCUT2D eigenvalue weighted by molar-refractivity contribution is -0.393. The normalized spacial score (nSPS) is 10.5. The number of aromatic nitrogens is 2. The molecule has 0 saturated carbocycles. The molecule has 12 heteroatoms. The van der Waals surface area contributed by atoms with Crippen molar-refractivity contribution >= 4 is 17.1 Å². The second kappa shape index (κ2) is 8.00. The first kappa shape index (κ1) is 18.8. The number of nitro benzene ring substituents is 2. The van der Waals surface area contributed by atoms with Gasteiger partial charge in [0.2, 0.25) is 5.82 Å². The van der Waals surface area contributed by atoms with Crippen LogP contribution in [0.3, 0.4) is 0 Å². The van der Waals surface area contributed by atoms with Crippen molar-refractivity contribution in [2.75, 3.05) is 11.9 Å². The van der Waals surface area contributed by atoms with E-state index in [1.807, 2.05) is 0 Å². The Balaban J connectivity index is 1.96. The van der Waals surface area contributed by atoms with Crippen molar-refractivity contribution in [2.24, 2.45) is 0 Å². The van der Waals surface area contributed by atoms with Crippen LogP contribution in [-0.4, -0.2) is 25.9 Å². The van der Waals surface area contributed by atoms with E-state index in [-0.39, 0.29) is 18.8 Å². The number of aromatic amines is 1. The zero-order valence-corrected chi connectivity index (χ0v) is 13.3. The summed E-state index contributed by atoms with van der Waals surface area (Å²) in [5.74, 6) is -1.07. The van der Waals surface area contributed by atoms with E-state index in [0.29, 0.717) is 19.0 Å². The standard InChI is InChI=1S/C14H14FN5O6/c15-10-8-17-14(22)18(13(10)21)6-2-1-5-16-11-4-3-9(19(23)24)7-12(11)20(25)26/h3-4,7-8,16H,1-2,5-6H2,(H,17,22). The fourth-order valence-corrected chi connectivity index (χ4v) is 2.24. The van der Waals surface area contributed by atoms with Crippen molar-refractivity contribution in [3.8, 4) is 0 Å². The lowest BCUT2D eigenvalue weighted by atomic mass is 10.2. The van der Waals surface area contributed by atoms with Crippen LogP contribution in [0.5, 0.6) is 0 Å². The Kier molecular flexibility index (Phi) is 5.78. The Labute approximate surface area is 144 Å². The van der Waals surface area contributed by atoms with E-state index >= 15 is 0 Å².